The summed E-state index contributed by atoms with van der Waals surface area (Å²) in [6.45, 7) is 10.4. The zero-order valence-corrected chi connectivity index (χ0v) is 12.5. The van der Waals surface area contributed by atoms with Gasteiger partial charge in [0.25, 0.3) is 0 Å². The molecule has 1 rings (SSSR count). The molecule has 19 heavy (non-hydrogen) atoms. The van der Waals surface area contributed by atoms with Gasteiger partial charge in [0.1, 0.15) is 18.0 Å². The van der Waals surface area contributed by atoms with Gasteiger partial charge in [0.15, 0.2) is 0 Å². The van der Waals surface area contributed by atoms with Crippen molar-refractivity contribution in [3.8, 4) is 0 Å². The number of rotatable bonds is 8. The van der Waals surface area contributed by atoms with Gasteiger partial charge in [0.2, 0.25) is 0 Å². The summed E-state index contributed by atoms with van der Waals surface area (Å²) >= 11 is 0. The van der Waals surface area contributed by atoms with Crippen LogP contribution in [0, 0.1) is 5.41 Å². The molecule has 1 unspecified atom stereocenters. The smallest absolute Gasteiger partial charge is 0.131 e. The standard InChI is InChI=1S/C14H27N5/c1-5-14(3,4)9-17-13-8-12(18-10-19-13)16-7-6-11(2)15/h8,10-11H,5-7,9,15H2,1-4H3,(H2,16,17,18,19). The van der Waals surface area contributed by atoms with Crippen LogP contribution in [0.15, 0.2) is 12.4 Å². The molecule has 0 spiro atoms. The van der Waals surface area contributed by atoms with Gasteiger partial charge in [0, 0.05) is 25.2 Å². The van der Waals surface area contributed by atoms with Crippen molar-refractivity contribution in [1.82, 2.24) is 9.97 Å². The fraction of sp³-hybridized carbons (Fsp3) is 0.714. The van der Waals surface area contributed by atoms with Crippen LogP contribution in [0.1, 0.15) is 40.5 Å². The highest BCUT2D eigenvalue weighted by atomic mass is 15.1. The van der Waals surface area contributed by atoms with Gasteiger partial charge in [-0.15, -0.1) is 0 Å². The third kappa shape index (κ3) is 6.38. The Bertz CT molecular complexity index is 376. The Labute approximate surface area is 116 Å². The van der Waals surface area contributed by atoms with Crippen LogP contribution in [0.4, 0.5) is 11.6 Å². The Morgan fingerprint density at radius 2 is 1.89 bits per heavy atom. The van der Waals surface area contributed by atoms with E-state index in [-0.39, 0.29) is 11.5 Å². The molecule has 108 valence electrons. The first-order valence-corrected chi connectivity index (χ1v) is 6.98. The Hall–Kier alpha value is -1.36. The molecule has 1 aromatic rings. The van der Waals surface area contributed by atoms with E-state index in [0.29, 0.717) is 0 Å². The van der Waals surface area contributed by atoms with Gasteiger partial charge in [0.05, 0.1) is 0 Å². The van der Waals surface area contributed by atoms with Gasteiger partial charge in [-0.1, -0.05) is 20.8 Å². The quantitative estimate of drug-likeness (QED) is 0.673. The maximum Gasteiger partial charge on any atom is 0.131 e. The number of anilines is 2. The molecular formula is C14H27N5. The van der Waals surface area contributed by atoms with Crippen LogP contribution in [0.2, 0.25) is 0 Å². The predicted octanol–water partition coefficient (Wildman–Crippen LogP) is 2.47. The first kappa shape index (κ1) is 15.7. The van der Waals surface area contributed by atoms with Crippen LogP contribution < -0.4 is 16.4 Å². The number of nitrogens with one attached hydrogen (secondary N) is 2. The zero-order chi connectivity index (χ0) is 14.3. The summed E-state index contributed by atoms with van der Waals surface area (Å²) in [5, 5.41) is 6.62. The van der Waals surface area contributed by atoms with E-state index in [4.69, 9.17) is 5.73 Å². The third-order valence-corrected chi connectivity index (χ3v) is 3.28. The van der Waals surface area contributed by atoms with Crippen LogP contribution in [0.3, 0.4) is 0 Å². The van der Waals surface area contributed by atoms with Crippen LogP contribution in [-0.2, 0) is 0 Å². The van der Waals surface area contributed by atoms with Crippen LogP contribution in [0.5, 0.6) is 0 Å². The zero-order valence-electron chi connectivity index (χ0n) is 12.5. The van der Waals surface area contributed by atoms with Crippen molar-refractivity contribution >= 4 is 11.6 Å². The van der Waals surface area contributed by atoms with Crippen molar-refractivity contribution in [2.75, 3.05) is 23.7 Å². The summed E-state index contributed by atoms with van der Waals surface area (Å²) in [7, 11) is 0. The van der Waals surface area contributed by atoms with Gasteiger partial charge in [-0.25, -0.2) is 9.97 Å². The molecule has 0 aliphatic carbocycles. The molecule has 0 aromatic carbocycles. The molecule has 1 aromatic heterocycles. The van der Waals surface area contributed by atoms with Gasteiger partial charge >= 0.3 is 0 Å². The lowest BCUT2D eigenvalue weighted by atomic mass is 9.90. The molecule has 4 N–H and O–H groups in total. The molecule has 0 fully saturated rings. The highest BCUT2D eigenvalue weighted by molar-refractivity contribution is 5.46. The summed E-state index contributed by atoms with van der Waals surface area (Å²) in [4.78, 5) is 8.43. The van der Waals surface area contributed by atoms with Crippen molar-refractivity contribution in [1.29, 1.82) is 0 Å². The fourth-order valence-corrected chi connectivity index (χ4v) is 1.43. The monoisotopic (exact) mass is 265 g/mol. The molecule has 1 atom stereocenters. The van der Waals surface area contributed by atoms with E-state index in [1.54, 1.807) is 6.33 Å². The summed E-state index contributed by atoms with van der Waals surface area (Å²) < 4.78 is 0. The SMILES string of the molecule is CCC(C)(C)CNc1cc(NCCC(C)N)ncn1. The molecule has 0 radical (unpaired) electrons. The van der Waals surface area contributed by atoms with E-state index in [0.717, 1.165) is 37.6 Å². The second-order valence-corrected chi connectivity index (χ2v) is 5.85. The number of hydrogen-bond acceptors (Lipinski definition) is 5. The second kappa shape index (κ2) is 7.28. The van der Waals surface area contributed by atoms with Gasteiger partial charge in [-0.3, -0.25) is 0 Å². The summed E-state index contributed by atoms with van der Waals surface area (Å²) in [5.41, 5.74) is 5.98. The number of nitrogens with two attached hydrogens (primary N) is 1. The highest BCUT2D eigenvalue weighted by Crippen LogP contribution is 2.20. The number of hydrogen-bond donors (Lipinski definition) is 3. The lowest BCUT2D eigenvalue weighted by Gasteiger charge is -2.23. The summed E-state index contributed by atoms with van der Waals surface area (Å²) in [5.74, 6) is 1.70. The van der Waals surface area contributed by atoms with Crippen molar-refractivity contribution in [3.05, 3.63) is 12.4 Å². The fourth-order valence-electron chi connectivity index (χ4n) is 1.43. The van der Waals surface area contributed by atoms with E-state index in [1.165, 1.54) is 0 Å². The van der Waals surface area contributed by atoms with Crippen molar-refractivity contribution in [2.24, 2.45) is 11.1 Å². The first-order valence-electron chi connectivity index (χ1n) is 6.98. The Morgan fingerprint density at radius 3 is 2.47 bits per heavy atom. The lowest BCUT2D eigenvalue weighted by molar-refractivity contribution is 0.376. The third-order valence-electron chi connectivity index (χ3n) is 3.28. The van der Waals surface area contributed by atoms with Crippen LogP contribution in [0.25, 0.3) is 0 Å². The largest absolute Gasteiger partial charge is 0.370 e. The maximum atomic E-state index is 5.71. The highest BCUT2D eigenvalue weighted by Gasteiger charge is 2.14. The average Bonchev–Trinajstić information content (AvgIpc) is 2.37. The minimum Gasteiger partial charge on any atom is -0.370 e. The van der Waals surface area contributed by atoms with Crippen molar-refractivity contribution in [3.63, 3.8) is 0 Å². The second-order valence-electron chi connectivity index (χ2n) is 5.85. The molecule has 0 aliphatic heterocycles. The van der Waals surface area contributed by atoms with E-state index in [2.05, 4.69) is 41.4 Å². The first-order chi connectivity index (χ1) is 8.93. The summed E-state index contributed by atoms with van der Waals surface area (Å²) in [6.07, 6.45) is 3.63. The van der Waals surface area contributed by atoms with E-state index in [9.17, 15) is 0 Å². The van der Waals surface area contributed by atoms with Crippen molar-refractivity contribution in [2.45, 2.75) is 46.6 Å². The maximum absolute atomic E-state index is 5.71. The normalized spacial score (nSPS) is 13.1. The molecule has 5 heteroatoms. The minimum absolute atomic E-state index is 0.206. The van der Waals surface area contributed by atoms with E-state index < -0.39 is 0 Å². The molecule has 0 bridgehead atoms. The minimum atomic E-state index is 0.206. The number of nitrogens with zero attached hydrogens (tertiary/aromatic N) is 2. The Morgan fingerprint density at radius 1 is 1.26 bits per heavy atom. The molecule has 0 amide bonds. The lowest BCUT2D eigenvalue weighted by Crippen LogP contribution is -2.22. The molecule has 0 aliphatic rings. The van der Waals surface area contributed by atoms with Gasteiger partial charge in [-0.05, 0) is 25.2 Å². The van der Waals surface area contributed by atoms with Crippen molar-refractivity contribution < 1.29 is 0 Å². The van der Waals surface area contributed by atoms with E-state index in [1.807, 2.05) is 13.0 Å². The van der Waals surface area contributed by atoms with Crippen LogP contribution in [-0.4, -0.2) is 29.1 Å². The molecule has 0 saturated carbocycles. The molecule has 0 saturated heterocycles. The van der Waals surface area contributed by atoms with Crippen LogP contribution >= 0.6 is 0 Å². The topological polar surface area (TPSA) is 75.9 Å². The Balaban J connectivity index is 2.48. The van der Waals surface area contributed by atoms with E-state index >= 15 is 0 Å². The molecule has 5 nitrogen and oxygen atoms in total. The molecule has 1 heterocycles. The van der Waals surface area contributed by atoms with Gasteiger partial charge in [-0.2, -0.15) is 0 Å². The average molecular weight is 265 g/mol. The predicted molar refractivity (Wildman–Crippen MR) is 81.3 cm³/mol. The molecular weight excluding hydrogens is 238 g/mol. The van der Waals surface area contributed by atoms with Gasteiger partial charge < -0.3 is 16.4 Å². The Kier molecular flexibility index (Phi) is 6.02. The summed E-state index contributed by atoms with van der Waals surface area (Å²) in [6, 6.07) is 2.14. The number of aromatic nitrogens is 2.